The molecular weight excluding hydrogens is 448 g/mol. The van der Waals surface area contributed by atoms with Gasteiger partial charge in [0.1, 0.15) is 12.3 Å². The number of carbonyl (C=O) groups excluding carboxylic acids is 2. The molecule has 3 aromatic carbocycles. The zero-order valence-corrected chi connectivity index (χ0v) is 19.3. The van der Waals surface area contributed by atoms with Crippen LogP contribution < -0.4 is 14.8 Å². The summed E-state index contributed by atoms with van der Waals surface area (Å²) in [6, 6.07) is 18.8. The normalized spacial score (nSPS) is 14.2. The molecule has 178 valence electrons. The van der Waals surface area contributed by atoms with Crippen LogP contribution in [0, 0.1) is 6.92 Å². The molecule has 0 aromatic heterocycles. The Labute approximate surface area is 202 Å². The van der Waals surface area contributed by atoms with Crippen molar-refractivity contribution in [1.29, 1.82) is 0 Å². The lowest BCUT2D eigenvalue weighted by Gasteiger charge is -2.12. The topological polar surface area (TPSA) is 105 Å². The summed E-state index contributed by atoms with van der Waals surface area (Å²) in [6.45, 7) is 2.31. The molecule has 1 aliphatic rings. The van der Waals surface area contributed by atoms with E-state index in [-0.39, 0.29) is 24.4 Å². The lowest BCUT2D eigenvalue weighted by molar-refractivity contribution is -0.123. The van der Waals surface area contributed by atoms with E-state index in [0.29, 0.717) is 22.6 Å². The van der Waals surface area contributed by atoms with Gasteiger partial charge in [-0.1, -0.05) is 48.0 Å². The maximum atomic E-state index is 12.8. The van der Waals surface area contributed by atoms with E-state index in [4.69, 9.17) is 14.6 Å². The summed E-state index contributed by atoms with van der Waals surface area (Å²) in [4.78, 5) is 37.5. The standard InChI is InChI=1S/C27H24N2O6/c1-17-6-8-18(9-7-17)15-29-25(30)22(28-27(29)33)13-19-10-11-23(24(14-19)34-2)35-16-20-4-3-5-21(12-20)26(31)32/h3-14H,15-16H2,1-2H3,(H,28,33)(H,31,32). The molecule has 0 atom stereocenters. The first kappa shape index (κ1) is 23.6. The number of nitrogens with zero attached hydrogens (tertiary/aromatic N) is 1. The summed E-state index contributed by atoms with van der Waals surface area (Å²) < 4.78 is 11.2. The molecule has 1 fully saturated rings. The van der Waals surface area contributed by atoms with Crippen LogP contribution in [0.4, 0.5) is 4.79 Å². The van der Waals surface area contributed by atoms with Gasteiger partial charge in [-0.2, -0.15) is 0 Å². The van der Waals surface area contributed by atoms with E-state index >= 15 is 0 Å². The van der Waals surface area contributed by atoms with Crippen molar-refractivity contribution in [2.24, 2.45) is 0 Å². The van der Waals surface area contributed by atoms with E-state index in [2.05, 4.69) is 5.32 Å². The average Bonchev–Trinajstić information content (AvgIpc) is 3.11. The monoisotopic (exact) mass is 472 g/mol. The highest BCUT2D eigenvalue weighted by atomic mass is 16.5. The molecule has 0 aliphatic carbocycles. The summed E-state index contributed by atoms with van der Waals surface area (Å²) in [5, 5.41) is 11.8. The van der Waals surface area contributed by atoms with Crippen LogP contribution in [-0.4, -0.2) is 35.0 Å². The molecule has 8 nitrogen and oxygen atoms in total. The van der Waals surface area contributed by atoms with Gasteiger partial charge in [-0.15, -0.1) is 0 Å². The molecule has 1 aliphatic heterocycles. The van der Waals surface area contributed by atoms with E-state index < -0.39 is 17.9 Å². The maximum absolute atomic E-state index is 12.8. The molecule has 0 bridgehead atoms. The first-order valence-electron chi connectivity index (χ1n) is 10.9. The average molecular weight is 472 g/mol. The summed E-state index contributed by atoms with van der Waals surface area (Å²) in [5.74, 6) is -0.527. The van der Waals surface area contributed by atoms with Crippen LogP contribution in [0.15, 0.2) is 72.4 Å². The fourth-order valence-corrected chi connectivity index (χ4v) is 3.61. The third-order valence-electron chi connectivity index (χ3n) is 5.49. The number of carboxylic acids is 1. The Morgan fingerprint density at radius 1 is 1.00 bits per heavy atom. The second-order valence-corrected chi connectivity index (χ2v) is 8.07. The molecule has 8 heteroatoms. The Hall–Kier alpha value is -4.59. The fraction of sp³-hybridized carbons (Fsp3) is 0.148. The summed E-state index contributed by atoms with van der Waals surface area (Å²) in [6.07, 6.45) is 1.58. The number of rotatable bonds is 8. The number of ether oxygens (including phenoxy) is 2. The molecule has 3 aromatic rings. The number of urea groups is 1. The predicted octanol–water partition coefficient (Wildman–Crippen LogP) is 4.37. The molecule has 2 N–H and O–H groups in total. The number of nitrogens with one attached hydrogen (secondary N) is 1. The highest BCUT2D eigenvalue weighted by Gasteiger charge is 2.33. The van der Waals surface area contributed by atoms with E-state index in [1.165, 1.54) is 13.2 Å². The fourth-order valence-electron chi connectivity index (χ4n) is 3.61. The van der Waals surface area contributed by atoms with Crippen molar-refractivity contribution in [3.05, 3.63) is 100 Å². The second kappa shape index (κ2) is 10.1. The van der Waals surface area contributed by atoms with Crippen LogP contribution in [0.2, 0.25) is 0 Å². The molecule has 0 unspecified atom stereocenters. The largest absolute Gasteiger partial charge is 0.493 e. The van der Waals surface area contributed by atoms with Gasteiger partial charge in [0.15, 0.2) is 11.5 Å². The minimum Gasteiger partial charge on any atom is -0.493 e. The number of amides is 3. The lowest BCUT2D eigenvalue weighted by Crippen LogP contribution is -2.30. The number of methoxy groups -OCH3 is 1. The van der Waals surface area contributed by atoms with Crippen LogP contribution >= 0.6 is 0 Å². The number of aryl methyl sites for hydroxylation is 1. The molecular formula is C27H24N2O6. The van der Waals surface area contributed by atoms with Gasteiger partial charge in [-0.3, -0.25) is 9.69 Å². The Kier molecular flexibility index (Phi) is 6.82. The molecule has 0 saturated carbocycles. The molecule has 0 spiro atoms. The third-order valence-corrected chi connectivity index (χ3v) is 5.49. The SMILES string of the molecule is COc1cc(C=C2NC(=O)N(Cc3ccc(C)cc3)C2=O)ccc1OCc1cccc(C(=O)O)c1. The first-order valence-corrected chi connectivity index (χ1v) is 10.9. The van der Waals surface area contributed by atoms with Crippen molar-refractivity contribution in [3.8, 4) is 11.5 Å². The molecule has 0 radical (unpaired) electrons. The smallest absolute Gasteiger partial charge is 0.335 e. The van der Waals surface area contributed by atoms with Crippen LogP contribution in [0.5, 0.6) is 11.5 Å². The Balaban J connectivity index is 1.47. The quantitative estimate of drug-likeness (QED) is 0.373. The predicted molar refractivity (Wildman–Crippen MR) is 129 cm³/mol. The molecule has 4 rings (SSSR count). The number of aromatic carboxylic acids is 1. The number of hydrogen-bond donors (Lipinski definition) is 2. The Morgan fingerprint density at radius 3 is 2.49 bits per heavy atom. The maximum Gasteiger partial charge on any atom is 0.335 e. The molecule has 3 amide bonds. The molecule has 1 heterocycles. The number of imide groups is 1. The highest BCUT2D eigenvalue weighted by molar-refractivity contribution is 6.13. The van der Waals surface area contributed by atoms with Crippen molar-refractivity contribution in [2.75, 3.05) is 7.11 Å². The van der Waals surface area contributed by atoms with Crippen molar-refractivity contribution < 1.29 is 29.0 Å². The van der Waals surface area contributed by atoms with E-state index in [9.17, 15) is 14.4 Å². The van der Waals surface area contributed by atoms with E-state index in [1.54, 1.807) is 42.5 Å². The minimum atomic E-state index is -1.01. The second-order valence-electron chi connectivity index (χ2n) is 8.07. The van der Waals surface area contributed by atoms with Gasteiger partial charge in [0.2, 0.25) is 0 Å². The van der Waals surface area contributed by atoms with Gasteiger partial charge >= 0.3 is 12.0 Å². The summed E-state index contributed by atoms with van der Waals surface area (Å²) in [5.41, 5.74) is 3.65. The minimum absolute atomic E-state index is 0.153. The van der Waals surface area contributed by atoms with Gasteiger partial charge in [0.25, 0.3) is 5.91 Å². The molecule has 1 saturated heterocycles. The number of carbonyl (C=O) groups is 3. The van der Waals surface area contributed by atoms with Gasteiger partial charge < -0.3 is 19.9 Å². The number of carboxylic acid groups (broad SMARTS) is 1. The van der Waals surface area contributed by atoms with E-state index in [0.717, 1.165) is 16.0 Å². The molecule has 35 heavy (non-hydrogen) atoms. The lowest BCUT2D eigenvalue weighted by atomic mass is 10.1. The van der Waals surface area contributed by atoms with Crippen molar-refractivity contribution in [2.45, 2.75) is 20.1 Å². The van der Waals surface area contributed by atoms with Gasteiger partial charge in [-0.05, 0) is 54.0 Å². The van der Waals surface area contributed by atoms with Crippen molar-refractivity contribution in [1.82, 2.24) is 10.2 Å². The van der Waals surface area contributed by atoms with Gasteiger partial charge in [0, 0.05) is 0 Å². The van der Waals surface area contributed by atoms with Gasteiger partial charge in [0.05, 0.1) is 19.2 Å². The summed E-state index contributed by atoms with van der Waals surface area (Å²) >= 11 is 0. The van der Waals surface area contributed by atoms with Crippen LogP contribution in [0.3, 0.4) is 0 Å². The Bertz CT molecular complexity index is 1310. The number of hydrogen-bond acceptors (Lipinski definition) is 5. The van der Waals surface area contributed by atoms with Crippen LogP contribution in [0.1, 0.15) is 32.6 Å². The zero-order valence-electron chi connectivity index (χ0n) is 19.3. The third kappa shape index (κ3) is 5.50. The zero-order chi connectivity index (χ0) is 24.9. The van der Waals surface area contributed by atoms with Crippen molar-refractivity contribution >= 4 is 24.0 Å². The summed E-state index contributed by atoms with van der Waals surface area (Å²) in [7, 11) is 1.50. The first-order chi connectivity index (χ1) is 16.8. The van der Waals surface area contributed by atoms with Crippen molar-refractivity contribution in [3.63, 3.8) is 0 Å². The van der Waals surface area contributed by atoms with E-state index in [1.807, 2.05) is 31.2 Å². The highest BCUT2D eigenvalue weighted by Crippen LogP contribution is 2.30. The van der Waals surface area contributed by atoms with Crippen LogP contribution in [-0.2, 0) is 17.9 Å². The Morgan fingerprint density at radius 2 is 1.77 bits per heavy atom. The van der Waals surface area contributed by atoms with Crippen LogP contribution in [0.25, 0.3) is 6.08 Å². The van der Waals surface area contributed by atoms with Gasteiger partial charge in [-0.25, -0.2) is 9.59 Å². The number of benzene rings is 3.